The highest BCUT2D eigenvalue weighted by Gasteiger charge is 2.09. The van der Waals surface area contributed by atoms with Crippen LogP contribution in [0.3, 0.4) is 0 Å². The van der Waals surface area contributed by atoms with Crippen LogP contribution in [0.1, 0.15) is 5.56 Å². The highest BCUT2D eigenvalue weighted by molar-refractivity contribution is 6.32. The van der Waals surface area contributed by atoms with Gasteiger partial charge in [0.1, 0.15) is 23.9 Å². The van der Waals surface area contributed by atoms with Crippen LogP contribution < -0.4 is 9.47 Å². The second-order valence-electron chi connectivity index (χ2n) is 5.29. The Morgan fingerprint density at radius 1 is 1.27 bits per heavy atom. The molecule has 0 N–H and O–H groups in total. The molecule has 2 aromatic rings. The fraction of sp³-hybridized carbons (Fsp3) is 0.158. The number of carbonyl (C=O) groups excluding carboxylic acids is 1. The molecule has 0 aliphatic heterocycles. The number of ether oxygens (including phenoxy) is 2. The molecule has 0 aliphatic carbocycles. The number of benzene rings is 2. The van der Waals surface area contributed by atoms with Gasteiger partial charge in [-0.05, 0) is 36.4 Å². The van der Waals surface area contributed by atoms with E-state index >= 15 is 0 Å². The van der Waals surface area contributed by atoms with Gasteiger partial charge < -0.3 is 14.4 Å². The maximum atomic E-state index is 11.4. The molecule has 0 saturated carbocycles. The number of rotatable bonds is 7. The van der Waals surface area contributed by atoms with E-state index in [1.807, 2.05) is 6.07 Å². The molecular weight excluding hydrogens is 375 g/mol. The van der Waals surface area contributed by atoms with Gasteiger partial charge in [-0.1, -0.05) is 29.8 Å². The van der Waals surface area contributed by atoms with Crippen molar-refractivity contribution < 1.29 is 14.3 Å². The van der Waals surface area contributed by atoms with Gasteiger partial charge in [-0.25, -0.2) is 0 Å². The van der Waals surface area contributed by atoms with Crippen LogP contribution >= 0.6 is 23.2 Å². The van der Waals surface area contributed by atoms with Crippen molar-refractivity contribution in [1.29, 1.82) is 5.26 Å². The standard InChI is InChI=1S/C19H16Cl2N2O3/c1-3-19(24)23(2)6-7-25-15-4-5-17(21)18(11-15)26-16-9-13(12-22)8-14(20)10-16/h3-5,8-11H,1,6-7H2,2H3. The molecule has 0 aliphatic rings. The number of carbonyl (C=O) groups is 1. The van der Waals surface area contributed by atoms with Gasteiger partial charge in [-0.15, -0.1) is 0 Å². The minimum atomic E-state index is -0.178. The predicted octanol–water partition coefficient (Wildman–Crippen LogP) is 4.68. The number of hydrogen-bond donors (Lipinski definition) is 0. The molecule has 7 heteroatoms. The molecule has 5 nitrogen and oxygen atoms in total. The molecule has 0 heterocycles. The van der Waals surface area contributed by atoms with Gasteiger partial charge in [0.25, 0.3) is 0 Å². The van der Waals surface area contributed by atoms with Gasteiger partial charge in [-0.2, -0.15) is 5.26 Å². The molecule has 0 fully saturated rings. The van der Waals surface area contributed by atoms with Crippen molar-refractivity contribution in [2.24, 2.45) is 0 Å². The van der Waals surface area contributed by atoms with Crippen LogP contribution in [0.25, 0.3) is 0 Å². The summed E-state index contributed by atoms with van der Waals surface area (Å²) < 4.78 is 11.4. The summed E-state index contributed by atoms with van der Waals surface area (Å²) >= 11 is 12.1. The third-order valence-electron chi connectivity index (χ3n) is 3.38. The van der Waals surface area contributed by atoms with Crippen molar-refractivity contribution in [3.05, 3.63) is 64.7 Å². The average molecular weight is 391 g/mol. The van der Waals surface area contributed by atoms with E-state index in [0.29, 0.717) is 46.0 Å². The van der Waals surface area contributed by atoms with E-state index in [4.69, 9.17) is 37.9 Å². The van der Waals surface area contributed by atoms with Crippen LogP contribution in [-0.4, -0.2) is 31.0 Å². The van der Waals surface area contributed by atoms with Crippen molar-refractivity contribution in [3.63, 3.8) is 0 Å². The van der Waals surface area contributed by atoms with Crippen LogP contribution in [-0.2, 0) is 4.79 Å². The Morgan fingerprint density at radius 2 is 2.04 bits per heavy atom. The quantitative estimate of drug-likeness (QED) is 0.643. The van der Waals surface area contributed by atoms with E-state index in [1.54, 1.807) is 37.4 Å². The van der Waals surface area contributed by atoms with Gasteiger partial charge in [0.2, 0.25) is 5.91 Å². The van der Waals surface area contributed by atoms with Gasteiger partial charge in [0, 0.05) is 18.1 Å². The summed E-state index contributed by atoms with van der Waals surface area (Å²) in [6.45, 7) is 4.14. The molecule has 0 spiro atoms. The number of halogens is 2. The number of amides is 1. The summed E-state index contributed by atoms with van der Waals surface area (Å²) in [6.07, 6.45) is 1.24. The fourth-order valence-corrected chi connectivity index (χ4v) is 2.41. The van der Waals surface area contributed by atoms with Crippen molar-refractivity contribution >= 4 is 29.1 Å². The fourth-order valence-electron chi connectivity index (χ4n) is 2.03. The third-order valence-corrected chi connectivity index (χ3v) is 3.91. The first-order valence-electron chi connectivity index (χ1n) is 7.61. The SMILES string of the molecule is C=CC(=O)N(C)CCOc1ccc(Cl)c(Oc2cc(Cl)cc(C#N)c2)c1. The van der Waals surface area contributed by atoms with Gasteiger partial charge in [0.05, 0.1) is 23.2 Å². The highest BCUT2D eigenvalue weighted by Crippen LogP contribution is 2.34. The van der Waals surface area contributed by atoms with E-state index < -0.39 is 0 Å². The number of nitriles is 1. The summed E-state index contributed by atoms with van der Waals surface area (Å²) in [6, 6.07) is 11.7. The van der Waals surface area contributed by atoms with Gasteiger partial charge >= 0.3 is 0 Å². The Labute approximate surface area is 162 Å². The van der Waals surface area contributed by atoms with Crippen LogP contribution in [0, 0.1) is 11.3 Å². The lowest BCUT2D eigenvalue weighted by Gasteiger charge is -2.16. The topological polar surface area (TPSA) is 62.6 Å². The van der Waals surface area contributed by atoms with Crippen molar-refractivity contribution in [2.75, 3.05) is 20.2 Å². The van der Waals surface area contributed by atoms with Gasteiger partial charge in [0.15, 0.2) is 0 Å². The lowest BCUT2D eigenvalue weighted by molar-refractivity contribution is -0.125. The molecule has 1 amide bonds. The number of nitrogens with zero attached hydrogens (tertiary/aromatic N) is 2. The third kappa shape index (κ3) is 5.41. The molecule has 0 saturated heterocycles. The first-order valence-corrected chi connectivity index (χ1v) is 8.37. The van der Waals surface area contributed by atoms with E-state index in [0.717, 1.165) is 0 Å². The average Bonchev–Trinajstić information content (AvgIpc) is 2.62. The Kier molecular flexibility index (Phi) is 6.90. The minimum absolute atomic E-state index is 0.178. The first-order chi connectivity index (χ1) is 12.4. The zero-order valence-corrected chi connectivity index (χ0v) is 15.5. The highest BCUT2D eigenvalue weighted by atomic mass is 35.5. The summed E-state index contributed by atoms with van der Waals surface area (Å²) in [7, 11) is 1.66. The Bertz CT molecular complexity index is 862. The molecule has 26 heavy (non-hydrogen) atoms. The molecule has 0 atom stereocenters. The second-order valence-corrected chi connectivity index (χ2v) is 6.14. The lowest BCUT2D eigenvalue weighted by atomic mass is 10.2. The molecule has 0 bridgehead atoms. The van der Waals surface area contributed by atoms with Crippen molar-refractivity contribution in [1.82, 2.24) is 4.90 Å². The van der Waals surface area contributed by atoms with E-state index in [9.17, 15) is 4.79 Å². The van der Waals surface area contributed by atoms with Crippen LogP contribution in [0.4, 0.5) is 0 Å². The molecule has 2 aromatic carbocycles. The van der Waals surface area contributed by atoms with Crippen molar-refractivity contribution in [3.8, 4) is 23.3 Å². The van der Waals surface area contributed by atoms with Gasteiger partial charge in [-0.3, -0.25) is 4.79 Å². The molecule has 0 unspecified atom stereocenters. The van der Waals surface area contributed by atoms with Crippen LogP contribution in [0.5, 0.6) is 17.2 Å². The zero-order valence-electron chi connectivity index (χ0n) is 14.0. The second kappa shape index (κ2) is 9.14. The largest absolute Gasteiger partial charge is 0.492 e. The number of likely N-dealkylation sites (N-methyl/N-ethyl adjacent to an activating group) is 1. The maximum Gasteiger partial charge on any atom is 0.245 e. The normalized spacial score (nSPS) is 9.92. The van der Waals surface area contributed by atoms with Crippen molar-refractivity contribution in [2.45, 2.75) is 0 Å². The van der Waals surface area contributed by atoms with E-state index in [-0.39, 0.29) is 5.91 Å². The number of hydrogen-bond acceptors (Lipinski definition) is 4. The Hall–Kier alpha value is -2.68. The zero-order chi connectivity index (χ0) is 19.1. The Balaban J connectivity index is 2.08. The molecule has 0 radical (unpaired) electrons. The smallest absolute Gasteiger partial charge is 0.245 e. The molecule has 134 valence electrons. The van der Waals surface area contributed by atoms with E-state index in [2.05, 4.69) is 6.58 Å². The first kappa shape index (κ1) is 19.6. The van der Waals surface area contributed by atoms with Crippen LogP contribution in [0.15, 0.2) is 49.1 Å². The van der Waals surface area contributed by atoms with E-state index in [1.165, 1.54) is 17.0 Å². The summed E-state index contributed by atoms with van der Waals surface area (Å²) in [4.78, 5) is 12.9. The predicted molar refractivity (Wildman–Crippen MR) is 101 cm³/mol. The Morgan fingerprint density at radius 3 is 2.73 bits per heavy atom. The minimum Gasteiger partial charge on any atom is -0.492 e. The summed E-state index contributed by atoms with van der Waals surface area (Å²) in [5.41, 5.74) is 0.381. The molecule has 0 aromatic heterocycles. The lowest BCUT2D eigenvalue weighted by Crippen LogP contribution is -2.29. The van der Waals surface area contributed by atoms with Crippen LogP contribution in [0.2, 0.25) is 10.0 Å². The molecule has 2 rings (SSSR count). The summed E-state index contributed by atoms with van der Waals surface area (Å²) in [5.74, 6) is 1.12. The maximum absolute atomic E-state index is 11.4. The molecular formula is C19H16Cl2N2O3. The monoisotopic (exact) mass is 390 g/mol. The summed E-state index contributed by atoms with van der Waals surface area (Å²) in [5, 5.41) is 9.78.